The molecular weight excluding hydrogens is 322 g/mol. The van der Waals surface area contributed by atoms with E-state index in [1.807, 2.05) is 4.90 Å². The summed E-state index contributed by atoms with van der Waals surface area (Å²) in [5, 5.41) is 2.87. The molecule has 0 unspecified atom stereocenters. The fourth-order valence-electron chi connectivity index (χ4n) is 2.74. The highest BCUT2D eigenvalue weighted by molar-refractivity contribution is 5.92. The summed E-state index contributed by atoms with van der Waals surface area (Å²) in [6, 6.07) is 10.6. The molecule has 0 aliphatic carbocycles. The van der Waals surface area contributed by atoms with Gasteiger partial charge >= 0.3 is 0 Å². The quantitative estimate of drug-likeness (QED) is 0.894. The van der Waals surface area contributed by atoms with E-state index < -0.39 is 0 Å². The Hall–Kier alpha value is -2.80. The van der Waals surface area contributed by atoms with E-state index in [0.29, 0.717) is 38.5 Å². The molecule has 3 rings (SSSR count). The fraction of sp³-hybridized carbons (Fsp3) is 0.333. The summed E-state index contributed by atoms with van der Waals surface area (Å²) in [6.45, 7) is 2.77. The second kappa shape index (κ2) is 7.85. The Kier molecular flexibility index (Phi) is 5.35. The van der Waals surface area contributed by atoms with E-state index >= 15 is 0 Å². The number of amides is 2. The lowest BCUT2D eigenvalue weighted by molar-refractivity contribution is -0.117. The van der Waals surface area contributed by atoms with Crippen molar-refractivity contribution in [2.24, 2.45) is 0 Å². The Bertz CT molecular complexity index is 704. The molecule has 1 aromatic heterocycles. The standard InChI is InChI=1S/C18H21N3O4/c1-24-15-6-4-14(5-7-15)19-17(22)13-20-8-10-21(11-9-20)18(23)16-3-2-12-25-16/h2-7,12H,8-11,13H2,1H3,(H,19,22). The number of anilines is 1. The molecule has 1 aromatic carbocycles. The van der Waals surface area contributed by atoms with Gasteiger partial charge in [0.05, 0.1) is 19.9 Å². The van der Waals surface area contributed by atoms with Crippen LogP contribution in [0.2, 0.25) is 0 Å². The summed E-state index contributed by atoms with van der Waals surface area (Å²) in [6.07, 6.45) is 1.49. The third-order valence-corrected chi connectivity index (χ3v) is 4.13. The minimum Gasteiger partial charge on any atom is -0.497 e. The van der Waals surface area contributed by atoms with Gasteiger partial charge in [0.1, 0.15) is 5.75 Å². The first kappa shape index (κ1) is 17.0. The van der Waals surface area contributed by atoms with Crippen LogP contribution in [0.25, 0.3) is 0 Å². The van der Waals surface area contributed by atoms with Gasteiger partial charge in [-0.25, -0.2) is 0 Å². The lowest BCUT2D eigenvalue weighted by Crippen LogP contribution is -2.50. The predicted octanol–water partition coefficient (Wildman–Crippen LogP) is 1.68. The third kappa shape index (κ3) is 4.39. The van der Waals surface area contributed by atoms with Gasteiger partial charge in [-0.2, -0.15) is 0 Å². The average Bonchev–Trinajstić information content (AvgIpc) is 3.17. The van der Waals surface area contributed by atoms with Gasteiger partial charge in [0.2, 0.25) is 5.91 Å². The van der Waals surface area contributed by atoms with Crippen LogP contribution in [0.4, 0.5) is 5.69 Å². The van der Waals surface area contributed by atoms with E-state index in [2.05, 4.69) is 5.32 Å². The molecule has 1 aliphatic rings. The van der Waals surface area contributed by atoms with Crippen molar-refractivity contribution >= 4 is 17.5 Å². The highest BCUT2D eigenvalue weighted by Gasteiger charge is 2.24. The minimum atomic E-state index is -0.104. The molecule has 132 valence electrons. The first-order chi connectivity index (χ1) is 12.2. The number of furan rings is 1. The number of methoxy groups -OCH3 is 1. The summed E-state index contributed by atoms with van der Waals surface area (Å²) in [7, 11) is 1.60. The van der Waals surface area contributed by atoms with E-state index in [-0.39, 0.29) is 11.8 Å². The van der Waals surface area contributed by atoms with E-state index in [0.717, 1.165) is 11.4 Å². The molecule has 1 saturated heterocycles. The number of benzene rings is 1. The Morgan fingerprint density at radius 3 is 2.44 bits per heavy atom. The zero-order valence-corrected chi connectivity index (χ0v) is 14.1. The van der Waals surface area contributed by atoms with Gasteiger partial charge in [0, 0.05) is 31.9 Å². The lowest BCUT2D eigenvalue weighted by Gasteiger charge is -2.33. The molecular formula is C18H21N3O4. The summed E-state index contributed by atoms with van der Waals surface area (Å²) < 4.78 is 10.2. The number of hydrogen-bond acceptors (Lipinski definition) is 5. The topological polar surface area (TPSA) is 75.0 Å². The van der Waals surface area contributed by atoms with Gasteiger partial charge in [0.25, 0.3) is 5.91 Å². The normalized spacial score (nSPS) is 15.0. The fourth-order valence-corrected chi connectivity index (χ4v) is 2.74. The molecule has 2 aromatic rings. The van der Waals surface area contributed by atoms with Gasteiger partial charge < -0.3 is 19.4 Å². The zero-order valence-electron chi connectivity index (χ0n) is 14.1. The van der Waals surface area contributed by atoms with E-state index in [1.54, 1.807) is 48.4 Å². The molecule has 0 saturated carbocycles. The molecule has 7 heteroatoms. The predicted molar refractivity (Wildman–Crippen MR) is 92.7 cm³/mol. The van der Waals surface area contributed by atoms with Crippen LogP contribution in [0.3, 0.4) is 0 Å². The molecule has 7 nitrogen and oxygen atoms in total. The maximum atomic E-state index is 12.2. The summed E-state index contributed by atoms with van der Waals surface area (Å²) >= 11 is 0. The highest BCUT2D eigenvalue weighted by Crippen LogP contribution is 2.15. The number of ether oxygens (including phenoxy) is 1. The second-order valence-corrected chi connectivity index (χ2v) is 5.82. The van der Waals surface area contributed by atoms with Crippen LogP contribution in [0, 0.1) is 0 Å². The van der Waals surface area contributed by atoms with E-state index in [4.69, 9.17) is 9.15 Å². The van der Waals surface area contributed by atoms with Crippen LogP contribution in [0.1, 0.15) is 10.6 Å². The molecule has 2 heterocycles. The first-order valence-corrected chi connectivity index (χ1v) is 8.15. The second-order valence-electron chi connectivity index (χ2n) is 5.82. The van der Waals surface area contributed by atoms with Crippen molar-refractivity contribution in [3.8, 4) is 5.75 Å². The Labute approximate surface area is 146 Å². The highest BCUT2D eigenvalue weighted by atomic mass is 16.5. The number of hydrogen-bond donors (Lipinski definition) is 1. The van der Waals surface area contributed by atoms with E-state index in [9.17, 15) is 9.59 Å². The zero-order chi connectivity index (χ0) is 17.6. The van der Waals surface area contributed by atoms with Crippen molar-refractivity contribution < 1.29 is 18.7 Å². The maximum Gasteiger partial charge on any atom is 0.289 e. The van der Waals surface area contributed by atoms with Gasteiger partial charge in [-0.1, -0.05) is 0 Å². The van der Waals surface area contributed by atoms with Crippen LogP contribution in [0.5, 0.6) is 5.75 Å². The molecule has 0 radical (unpaired) electrons. The van der Waals surface area contributed by atoms with Gasteiger partial charge in [0.15, 0.2) is 5.76 Å². The third-order valence-electron chi connectivity index (χ3n) is 4.13. The van der Waals surface area contributed by atoms with Crippen LogP contribution in [-0.2, 0) is 4.79 Å². The van der Waals surface area contributed by atoms with Crippen molar-refractivity contribution in [1.82, 2.24) is 9.80 Å². The van der Waals surface area contributed by atoms with E-state index in [1.165, 1.54) is 6.26 Å². The Morgan fingerprint density at radius 2 is 1.84 bits per heavy atom. The Balaban J connectivity index is 1.45. The van der Waals surface area contributed by atoms with Crippen LogP contribution in [0.15, 0.2) is 47.1 Å². The molecule has 1 fully saturated rings. The largest absolute Gasteiger partial charge is 0.497 e. The number of rotatable bonds is 5. The smallest absolute Gasteiger partial charge is 0.289 e. The van der Waals surface area contributed by atoms with Crippen LogP contribution in [-0.4, -0.2) is 61.4 Å². The lowest BCUT2D eigenvalue weighted by atomic mass is 10.2. The number of nitrogens with zero attached hydrogens (tertiary/aromatic N) is 2. The minimum absolute atomic E-state index is 0.0732. The van der Waals surface area contributed by atoms with Crippen molar-refractivity contribution in [3.05, 3.63) is 48.4 Å². The number of piperazine rings is 1. The molecule has 0 bridgehead atoms. The molecule has 1 aliphatic heterocycles. The Morgan fingerprint density at radius 1 is 1.12 bits per heavy atom. The maximum absolute atomic E-state index is 12.2. The SMILES string of the molecule is COc1ccc(NC(=O)CN2CCN(C(=O)c3ccco3)CC2)cc1. The number of carbonyl (C=O) groups is 2. The monoisotopic (exact) mass is 343 g/mol. The average molecular weight is 343 g/mol. The van der Waals surface area contributed by atoms with Gasteiger partial charge in [-0.3, -0.25) is 14.5 Å². The van der Waals surface area contributed by atoms with Crippen LogP contribution < -0.4 is 10.1 Å². The van der Waals surface area contributed by atoms with Gasteiger partial charge in [-0.15, -0.1) is 0 Å². The van der Waals surface area contributed by atoms with Crippen LogP contribution >= 0.6 is 0 Å². The molecule has 2 amide bonds. The summed E-state index contributed by atoms with van der Waals surface area (Å²) in [4.78, 5) is 28.1. The van der Waals surface area contributed by atoms with Crippen molar-refractivity contribution in [2.75, 3.05) is 45.2 Å². The summed E-state index contributed by atoms with van der Waals surface area (Å²) in [5.74, 6) is 0.921. The number of carbonyl (C=O) groups excluding carboxylic acids is 2. The van der Waals surface area contributed by atoms with Crippen molar-refractivity contribution in [2.45, 2.75) is 0 Å². The summed E-state index contributed by atoms with van der Waals surface area (Å²) in [5.41, 5.74) is 0.734. The van der Waals surface area contributed by atoms with Gasteiger partial charge in [-0.05, 0) is 36.4 Å². The molecule has 25 heavy (non-hydrogen) atoms. The molecule has 1 N–H and O–H groups in total. The molecule has 0 spiro atoms. The molecule has 0 atom stereocenters. The first-order valence-electron chi connectivity index (χ1n) is 8.15. The van der Waals surface area contributed by atoms with Crippen molar-refractivity contribution in [3.63, 3.8) is 0 Å². The number of nitrogens with one attached hydrogen (secondary N) is 1. The van der Waals surface area contributed by atoms with Crippen molar-refractivity contribution in [1.29, 1.82) is 0 Å².